The lowest BCUT2D eigenvalue weighted by Gasteiger charge is -2.15. The fourth-order valence-corrected chi connectivity index (χ4v) is 4.04. The Morgan fingerprint density at radius 3 is 2.13 bits per heavy atom. The number of amides is 1. The molecule has 0 aliphatic rings. The molecule has 0 aliphatic carbocycles. The second-order valence-electron chi connectivity index (χ2n) is 6.30. The number of phenolic OH excluding ortho intramolecular Hbond substituents is 1. The molecule has 4 N–H and O–H groups in total. The minimum atomic E-state index is -4.96. The smallest absolute Gasteiger partial charge is 0.295 e. The van der Waals surface area contributed by atoms with Gasteiger partial charge in [0.25, 0.3) is 20.2 Å². The van der Waals surface area contributed by atoms with E-state index in [4.69, 9.17) is 0 Å². The Morgan fingerprint density at radius 1 is 0.935 bits per heavy atom. The maximum atomic E-state index is 12.0. The van der Waals surface area contributed by atoms with Gasteiger partial charge in [-0.25, -0.2) is 0 Å². The monoisotopic (exact) mass is 465 g/mol. The number of benzene rings is 3. The summed E-state index contributed by atoms with van der Waals surface area (Å²) in [5, 5.41) is 19.9. The molecule has 0 spiro atoms. The highest BCUT2D eigenvalue weighted by Crippen LogP contribution is 2.44. The van der Waals surface area contributed by atoms with Gasteiger partial charge in [0.05, 0.1) is 21.7 Å². The Morgan fingerprint density at radius 2 is 1.58 bits per heavy atom. The van der Waals surface area contributed by atoms with Crippen molar-refractivity contribution in [1.29, 1.82) is 0 Å². The van der Waals surface area contributed by atoms with Gasteiger partial charge in [-0.15, -0.1) is 5.11 Å². The fourth-order valence-electron chi connectivity index (χ4n) is 2.81. The molecule has 1 amide bonds. The van der Waals surface area contributed by atoms with E-state index in [0.717, 1.165) is 19.1 Å². The summed E-state index contributed by atoms with van der Waals surface area (Å²) in [6.07, 6.45) is 0. The average Bonchev–Trinajstić information content (AvgIpc) is 2.65. The van der Waals surface area contributed by atoms with Crippen molar-refractivity contribution < 1.29 is 35.8 Å². The molecule has 0 bridgehead atoms. The minimum Gasteiger partial charge on any atom is -0.507 e. The summed E-state index contributed by atoms with van der Waals surface area (Å²) < 4.78 is 65.9. The first-order valence-electron chi connectivity index (χ1n) is 8.41. The quantitative estimate of drug-likeness (QED) is 0.326. The topological polar surface area (TPSA) is 183 Å². The number of aromatic hydroxyl groups is 1. The molecule has 0 unspecified atom stereocenters. The van der Waals surface area contributed by atoms with E-state index in [0.29, 0.717) is 11.8 Å². The van der Waals surface area contributed by atoms with E-state index in [9.17, 15) is 35.8 Å². The zero-order chi connectivity index (χ0) is 23.0. The third-order valence-electron chi connectivity index (χ3n) is 4.04. The van der Waals surface area contributed by atoms with Crippen LogP contribution in [0.2, 0.25) is 0 Å². The summed E-state index contributed by atoms with van der Waals surface area (Å²) in [5.41, 5.74) is -0.0428. The van der Waals surface area contributed by atoms with E-state index in [1.165, 1.54) is 0 Å². The van der Waals surface area contributed by atoms with Crippen LogP contribution in [0.5, 0.6) is 5.75 Å². The number of hydrogen-bond donors (Lipinski definition) is 4. The number of nitrogens with one attached hydrogen (secondary N) is 1. The van der Waals surface area contributed by atoms with E-state index < -0.39 is 47.1 Å². The molecular weight excluding hydrogens is 450 g/mol. The molecule has 0 radical (unpaired) electrons. The Labute approximate surface area is 176 Å². The van der Waals surface area contributed by atoms with Crippen molar-refractivity contribution in [2.24, 2.45) is 10.2 Å². The Hall–Kier alpha value is -3.39. The van der Waals surface area contributed by atoms with Crippen LogP contribution < -0.4 is 5.32 Å². The molecule has 0 heterocycles. The lowest BCUT2D eigenvalue weighted by molar-refractivity contribution is -0.114. The van der Waals surface area contributed by atoms with Crippen LogP contribution >= 0.6 is 0 Å². The molecule has 0 saturated heterocycles. The summed E-state index contributed by atoms with van der Waals surface area (Å²) >= 11 is 0. The molecule has 0 aliphatic heterocycles. The highest BCUT2D eigenvalue weighted by atomic mass is 32.2. The maximum absolute atomic E-state index is 12.0. The first-order chi connectivity index (χ1) is 14.4. The van der Waals surface area contributed by atoms with Crippen molar-refractivity contribution in [3.8, 4) is 5.75 Å². The van der Waals surface area contributed by atoms with Crippen molar-refractivity contribution in [1.82, 2.24) is 0 Å². The van der Waals surface area contributed by atoms with Crippen molar-refractivity contribution in [2.75, 3.05) is 5.32 Å². The van der Waals surface area contributed by atoms with Crippen LogP contribution in [-0.4, -0.2) is 37.0 Å². The number of anilines is 1. The number of carbonyl (C=O) groups excluding carboxylic acids is 1. The van der Waals surface area contributed by atoms with Crippen molar-refractivity contribution >= 4 is 54.0 Å². The van der Waals surface area contributed by atoms with Gasteiger partial charge in [-0.2, -0.15) is 21.9 Å². The van der Waals surface area contributed by atoms with Gasteiger partial charge in [-0.1, -0.05) is 18.2 Å². The highest BCUT2D eigenvalue weighted by molar-refractivity contribution is 7.86. The lowest BCUT2D eigenvalue weighted by Crippen LogP contribution is -2.09. The Kier molecular flexibility index (Phi) is 5.78. The number of nitrogens with zero attached hydrogens (tertiary/aromatic N) is 2. The number of fused-ring (bicyclic) bond motifs is 1. The van der Waals surface area contributed by atoms with Crippen molar-refractivity contribution in [3.05, 3.63) is 48.5 Å². The Bertz CT molecular complexity index is 1430. The largest absolute Gasteiger partial charge is 0.507 e. The van der Waals surface area contributed by atoms with Crippen molar-refractivity contribution in [3.63, 3.8) is 0 Å². The van der Waals surface area contributed by atoms with Crippen molar-refractivity contribution in [2.45, 2.75) is 16.7 Å². The molecule has 0 fully saturated rings. The zero-order valence-corrected chi connectivity index (χ0v) is 17.3. The second-order valence-corrected chi connectivity index (χ2v) is 9.11. The van der Waals surface area contributed by atoms with Gasteiger partial charge >= 0.3 is 0 Å². The van der Waals surface area contributed by atoms with Crippen LogP contribution in [0.25, 0.3) is 10.8 Å². The molecule has 0 atom stereocenters. The van der Waals surface area contributed by atoms with E-state index in [-0.39, 0.29) is 16.8 Å². The lowest BCUT2D eigenvalue weighted by atomic mass is 10.1. The van der Waals surface area contributed by atoms with Gasteiger partial charge in [0.1, 0.15) is 16.3 Å². The number of hydrogen-bond acceptors (Lipinski definition) is 8. The van der Waals surface area contributed by atoms with E-state index in [1.807, 2.05) is 0 Å². The third kappa shape index (κ3) is 4.86. The van der Waals surface area contributed by atoms with E-state index >= 15 is 0 Å². The van der Waals surface area contributed by atoms with Crippen LogP contribution in [0.15, 0.2) is 68.6 Å². The van der Waals surface area contributed by atoms with Gasteiger partial charge < -0.3 is 10.4 Å². The fraction of sp³-hybridized carbons (Fsp3) is 0.0556. The summed E-state index contributed by atoms with van der Waals surface area (Å²) in [6, 6.07) is 10.5. The van der Waals surface area contributed by atoms with Gasteiger partial charge in [0.15, 0.2) is 0 Å². The summed E-state index contributed by atoms with van der Waals surface area (Å²) in [7, 11) is -9.80. The Balaban J connectivity index is 2.45. The van der Waals surface area contributed by atoms with Crippen LogP contribution in [0.4, 0.5) is 17.1 Å². The molecule has 3 aromatic rings. The predicted molar refractivity (Wildman–Crippen MR) is 110 cm³/mol. The molecule has 0 saturated carbocycles. The molecule has 0 aromatic heterocycles. The summed E-state index contributed by atoms with van der Waals surface area (Å²) in [6.45, 7) is 1.14. The normalized spacial score (nSPS) is 12.4. The van der Waals surface area contributed by atoms with Crippen LogP contribution in [0.1, 0.15) is 6.92 Å². The molecule has 11 nitrogen and oxygen atoms in total. The molecule has 31 heavy (non-hydrogen) atoms. The predicted octanol–water partition coefficient (Wildman–Crippen LogP) is 3.41. The molecule has 3 aromatic carbocycles. The SMILES string of the molecule is CC(=O)Nc1c(N=Nc2ccccc2)cc(S(=O)(=O)O)c2cc(S(=O)(=O)O)cc(O)c12. The van der Waals surface area contributed by atoms with Crippen LogP contribution in [-0.2, 0) is 25.0 Å². The maximum Gasteiger partial charge on any atom is 0.295 e. The summed E-state index contributed by atoms with van der Waals surface area (Å²) in [5.74, 6) is -1.41. The first kappa shape index (κ1) is 22.3. The third-order valence-corrected chi connectivity index (χ3v) is 5.76. The first-order valence-corrected chi connectivity index (χ1v) is 11.3. The van der Waals surface area contributed by atoms with Gasteiger partial charge in [0, 0.05) is 18.4 Å². The zero-order valence-electron chi connectivity index (χ0n) is 15.7. The average molecular weight is 465 g/mol. The molecule has 13 heteroatoms. The van der Waals surface area contributed by atoms with Gasteiger partial charge in [-0.05, 0) is 24.3 Å². The highest BCUT2D eigenvalue weighted by Gasteiger charge is 2.25. The van der Waals surface area contributed by atoms with Crippen LogP contribution in [0, 0.1) is 0 Å². The number of rotatable bonds is 5. The summed E-state index contributed by atoms with van der Waals surface area (Å²) in [4.78, 5) is 10.1. The standard InChI is InChI=1S/C18H15N3O8S2/c1-10(22)19-18-14(21-20-11-5-3-2-4-6-11)9-16(31(27,28)29)13-7-12(30(24,25)26)8-15(23)17(13)18/h2-9,23H,1H3,(H,19,22)(H,24,25,26)(H,27,28,29). The number of azo groups is 1. The molecule has 162 valence electrons. The van der Waals surface area contributed by atoms with Crippen LogP contribution in [0.3, 0.4) is 0 Å². The minimum absolute atomic E-state index is 0.186. The molecule has 3 rings (SSSR count). The van der Waals surface area contributed by atoms with E-state index in [2.05, 4.69) is 15.5 Å². The van der Waals surface area contributed by atoms with Gasteiger partial charge in [0.2, 0.25) is 5.91 Å². The van der Waals surface area contributed by atoms with E-state index in [1.54, 1.807) is 30.3 Å². The van der Waals surface area contributed by atoms with Gasteiger partial charge in [-0.3, -0.25) is 13.9 Å². The molecular formula is C18H15N3O8S2. The number of carbonyl (C=O) groups is 1. The second kappa shape index (κ2) is 8.03. The number of phenols is 1.